The fraction of sp³-hybridized carbons (Fsp3) is 0.571. The molecule has 0 saturated carbocycles. The quantitative estimate of drug-likeness (QED) is 0.650. The number of hydrogen-bond acceptors (Lipinski definition) is 1. The molecule has 0 saturated heterocycles. The van der Waals surface area contributed by atoms with E-state index in [1.807, 2.05) is 6.07 Å². The summed E-state index contributed by atoms with van der Waals surface area (Å²) in [6.07, 6.45) is 5.22. The number of ether oxygens (including phenoxy) is 1. The summed E-state index contributed by atoms with van der Waals surface area (Å²) in [6, 6.07) is 10.4. The van der Waals surface area contributed by atoms with E-state index in [2.05, 4.69) is 38.1 Å². The van der Waals surface area contributed by atoms with E-state index in [1.165, 1.54) is 31.2 Å². The smallest absolute Gasteiger partial charge is 0.0720 e. The van der Waals surface area contributed by atoms with Crippen LogP contribution in [0.1, 0.15) is 45.1 Å². The molecule has 15 heavy (non-hydrogen) atoms. The lowest BCUT2D eigenvalue weighted by molar-refractivity contribution is 0.0285. The fourth-order valence-electron chi connectivity index (χ4n) is 1.74. The number of hydrogen-bond donors (Lipinski definition) is 0. The molecule has 1 heteroatoms. The van der Waals surface area contributed by atoms with Gasteiger partial charge in [-0.3, -0.25) is 0 Å². The van der Waals surface area contributed by atoms with Gasteiger partial charge >= 0.3 is 0 Å². The predicted octanol–water partition coefficient (Wildman–Crippen LogP) is 4.17. The van der Waals surface area contributed by atoms with E-state index in [4.69, 9.17) is 4.74 Å². The van der Waals surface area contributed by atoms with Crippen molar-refractivity contribution in [1.82, 2.24) is 0 Å². The minimum absolute atomic E-state index is 0.445. The molecule has 1 rings (SSSR count). The molecule has 0 heterocycles. The average Bonchev–Trinajstić information content (AvgIpc) is 2.28. The summed E-state index contributed by atoms with van der Waals surface area (Å²) in [5, 5.41) is 0. The summed E-state index contributed by atoms with van der Waals surface area (Å²) in [5.41, 5.74) is 1.27. The van der Waals surface area contributed by atoms with Gasteiger partial charge in [0.05, 0.1) is 12.7 Å². The van der Waals surface area contributed by atoms with E-state index in [1.54, 1.807) is 0 Å². The van der Waals surface area contributed by atoms with Gasteiger partial charge in [-0.05, 0) is 18.4 Å². The summed E-state index contributed by atoms with van der Waals surface area (Å²) in [4.78, 5) is 0. The van der Waals surface area contributed by atoms with Crippen molar-refractivity contribution in [2.24, 2.45) is 0 Å². The lowest BCUT2D eigenvalue weighted by Gasteiger charge is -2.16. The van der Waals surface area contributed by atoms with Crippen molar-refractivity contribution >= 4 is 0 Å². The summed E-state index contributed by atoms with van der Waals surface area (Å²) in [5.74, 6) is 0. The Hall–Kier alpha value is -0.820. The first-order chi connectivity index (χ1) is 7.36. The topological polar surface area (TPSA) is 9.23 Å². The van der Waals surface area contributed by atoms with Crippen LogP contribution in [0.15, 0.2) is 30.3 Å². The van der Waals surface area contributed by atoms with E-state index < -0.39 is 0 Å². The van der Waals surface area contributed by atoms with Gasteiger partial charge in [0.1, 0.15) is 0 Å². The Morgan fingerprint density at radius 3 is 2.13 bits per heavy atom. The molecule has 0 aliphatic rings. The van der Waals surface area contributed by atoms with Gasteiger partial charge in [0.2, 0.25) is 0 Å². The average molecular weight is 206 g/mol. The molecule has 0 bridgehead atoms. The summed E-state index contributed by atoms with van der Waals surface area (Å²) >= 11 is 0. The number of benzene rings is 1. The molecule has 0 atom stereocenters. The third kappa shape index (κ3) is 4.98. The summed E-state index contributed by atoms with van der Waals surface area (Å²) in [6.45, 7) is 5.19. The normalized spacial score (nSPS) is 10.9. The van der Waals surface area contributed by atoms with Crippen LogP contribution in [-0.2, 0) is 11.3 Å². The Kier molecular flexibility index (Phi) is 6.10. The minimum atomic E-state index is 0.445. The van der Waals surface area contributed by atoms with Gasteiger partial charge in [-0.2, -0.15) is 0 Å². The Morgan fingerprint density at radius 1 is 1.00 bits per heavy atom. The minimum Gasteiger partial charge on any atom is -0.374 e. The van der Waals surface area contributed by atoms with Crippen molar-refractivity contribution in [3.05, 3.63) is 35.9 Å². The molecule has 0 N–H and O–H groups in total. The van der Waals surface area contributed by atoms with Crippen LogP contribution in [0.5, 0.6) is 0 Å². The lowest BCUT2D eigenvalue weighted by atomic mass is 10.1. The second kappa shape index (κ2) is 7.47. The van der Waals surface area contributed by atoms with Gasteiger partial charge in [-0.1, -0.05) is 57.0 Å². The van der Waals surface area contributed by atoms with Gasteiger partial charge in [-0.15, -0.1) is 0 Å². The highest BCUT2D eigenvalue weighted by Gasteiger charge is 2.06. The first-order valence-corrected chi connectivity index (χ1v) is 6.02. The van der Waals surface area contributed by atoms with Crippen molar-refractivity contribution in [2.45, 2.75) is 52.2 Å². The van der Waals surface area contributed by atoms with Crippen molar-refractivity contribution in [2.75, 3.05) is 0 Å². The molecule has 0 radical (unpaired) electrons. The Bertz CT molecular complexity index is 237. The maximum atomic E-state index is 5.91. The van der Waals surface area contributed by atoms with Crippen LogP contribution in [-0.4, -0.2) is 6.10 Å². The first kappa shape index (κ1) is 12.3. The van der Waals surface area contributed by atoms with Crippen molar-refractivity contribution in [3.8, 4) is 0 Å². The molecular weight excluding hydrogens is 184 g/mol. The van der Waals surface area contributed by atoms with Crippen LogP contribution >= 0.6 is 0 Å². The zero-order valence-corrected chi connectivity index (χ0v) is 9.91. The van der Waals surface area contributed by atoms with Crippen LogP contribution in [0, 0.1) is 0 Å². The van der Waals surface area contributed by atoms with Gasteiger partial charge in [0, 0.05) is 0 Å². The Morgan fingerprint density at radius 2 is 1.60 bits per heavy atom. The van der Waals surface area contributed by atoms with Crippen LogP contribution in [0.3, 0.4) is 0 Å². The number of rotatable bonds is 7. The second-order valence-electron chi connectivity index (χ2n) is 4.00. The van der Waals surface area contributed by atoms with Crippen molar-refractivity contribution in [1.29, 1.82) is 0 Å². The van der Waals surface area contributed by atoms with Gasteiger partial charge in [0.25, 0.3) is 0 Å². The van der Waals surface area contributed by atoms with Crippen molar-refractivity contribution in [3.63, 3.8) is 0 Å². The summed E-state index contributed by atoms with van der Waals surface area (Å²) < 4.78 is 5.91. The molecule has 0 aliphatic carbocycles. The molecule has 0 amide bonds. The SMILES string of the molecule is CCCC(CCC)OCc1ccccc1. The highest BCUT2D eigenvalue weighted by molar-refractivity contribution is 5.13. The second-order valence-corrected chi connectivity index (χ2v) is 4.00. The van der Waals surface area contributed by atoms with Gasteiger partial charge in [-0.25, -0.2) is 0 Å². The van der Waals surface area contributed by atoms with Crippen LogP contribution in [0.4, 0.5) is 0 Å². The molecule has 1 aromatic carbocycles. The fourth-order valence-corrected chi connectivity index (χ4v) is 1.74. The third-order valence-corrected chi connectivity index (χ3v) is 2.55. The monoisotopic (exact) mass is 206 g/mol. The molecular formula is C14H22O. The van der Waals surface area contributed by atoms with Crippen LogP contribution in [0.25, 0.3) is 0 Å². The Balaban J connectivity index is 2.33. The van der Waals surface area contributed by atoms with Crippen LogP contribution in [0.2, 0.25) is 0 Å². The zero-order chi connectivity index (χ0) is 10.9. The standard InChI is InChI=1S/C14H22O/c1-3-8-14(9-4-2)15-12-13-10-6-5-7-11-13/h5-7,10-11,14H,3-4,8-9,12H2,1-2H3. The van der Waals surface area contributed by atoms with E-state index >= 15 is 0 Å². The maximum absolute atomic E-state index is 5.91. The van der Waals surface area contributed by atoms with E-state index in [0.717, 1.165) is 6.61 Å². The van der Waals surface area contributed by atoms with Gasteiger partial charge < -0.3 is 4.74 Å². The first-order valence-electron chi connectivity index (χ1n) is 6.02. The Labute approximate surface area is 93.5 Å². The molecule has 84 valence electrons. The molecule has 0 aromatic heterocycles. The van der Waals surface area contributed by atoms with E-state index in [9.17, 15) is 0 Å². The van der Waals surface area contributed by atoms with E-state index in [-0.39, 0.29) is 0 Å². The van der Waals surface area contributed by atoms with Gasteiger partial charge in [0.15, 0.2) is 0 Å². The summed E-state index contributed by atoms with van der Waals surface area (Å²) in [7, 11) is 0. The molecule has 0 aliphatic heterocycles. The largest absolute Gasteiger partial charge is 0.374 e. The zero-order valence-electron chi connectivity index (χ0n) is 9.91. The maximum Gasteiger partial charge on any atom is 0.0720 e. The van der Waals surface area contributed by atoms with Crippen LogP contribution < -0.4 is 0 Å². The lowest BCUT2D eigenvalue weighted by Crippen LogP contribution is -2.12. The molecule has 0 fully saturated rings. The molecule has 0 unspecified atom stereocenters. The molecule has 0 spiro atoms. The highest BCUT2D eigenvalue weighted by atomic mass is 16.5. The third-order valence-electron chi connectivity index (χ3n) is 2.55. The predicted molar refractivity (Wildman–Crippen MR) is 64.8 cm³/mol. The molecule has 1 nitrogen and oxygen atoms in total. The highest BCUT2D eigenvalue weighted by Crippen LogP contribution is 2.12. The molecule has 1 aromatic rings. The van der Waals surface area contributed by atoms with Crippen molar-refractivity contribution < 1.29 is 4.74 Å². The van der Waals surface area contributed by atoms with E-state index in [0.29, 0.717) is 6.10 Å².